The van der Waals surface area contributed by atoms with Crippen LogP contribution in [0.25, 0.3) is 11.4 Å². The molecule has 1 heterocycles. The molecule has 0 saturated carbocycles. The third-order valence-electron chi connectivity index (χ3n) is 4.38. The van der Waals surface area contributed by atoms with Crippen LogP contribution in [0.4, 0.5) is 0 Å². The van der Waals surface area contributed by atoms with Crippen molar-refractivity contribution in [2.24, 2.45) is 11.7 Å². The number of thioether (sulfide) groups is 1. The Morgan fingerprint density at radius 2 is 1.86 bits per heavy atom. The number of hydrogen-bond acceptors (Lipinski definition) is 6. The summed E-state index contributed by atoms with van der Waals surface area (Å²) >= 11 is 1.25. The van der Waals surface area contributed by atoms with Crippen LogP contribution in [0.3, 0.4) is 0 Å². The van der Waals surface area contributed by atoms with Gasteiger partial charge in [0.15, 0.2) is 11.0 Å². The highest BCUT2D eigenvalue weighted by atomic mass is 32.2. The van der Waals surface area contributed by atoms with E-state index in [1.54, 1.807) is 25.1 Å². The number of sulfonamides is 1. The minimum Gasteiger partial charge on any atom is -0.369 e. The first-order valence-electron chi connectivity index (χ1n) is 9.61. The zero-order valence-corrected chi connectivity index (χ0v) is 19.1. The second kappa shape index (κ2) is 9.73. The summed E-state index contributed by atoms with van der Waals surface area (Å²) in [6.07, 6.45) is 0. The van der Waals surface area contributed by atoms with E-state index < -0.39 is 21.2 Å². The number of amides is 1. The molecule has 29 heavy (non-hydrogen) atoms. The van der Waals surface area contributed by atoms with E-state index in [2.05, 4.69) is 24.0 Å². The zero-order chi connectivity index (χ0) is 21.8. The first-order valence-corrected chi connectivity index (χ1v) is 11.9. The van der Waals surface area contributed by atoms with Crippen LogP contribution in [-0.2, 0) is 21.4 Å². The third-order valence-corrected chi connectivity index (χ3v) is 7.53. The second-order valence-electron chi connectivity index (χ2n) is 7.09. The lowest BCUT2D eigenvalue weighted by Gasteiger charge is -2.19. The SMILES string of the molecule is CCN(CC)S(=O)(=O)c1cccc(-c2nnc(SC(C)C(N)=O)n2CC(C)C)c1. The van der Waals surface area contributed by atoms with Crippen LogP contribution in [0, 0.1) is 5.92 Å². The largest absolute Gasteiger partial charge is 0.369 e. The molecular formula is C19H29N5O3S2. The summed E-state index contributed by atoms with van der Waals surface area (Å²) in [7, 11) is -3.58. The number of rotatable bonds is 10. The molecule has 1 unspecified atom stereocenters. The number of benzene rings is 1. The molecule has 1 amide bonds. The molecule has 8 nitrogen and oxygen atoms in total. The number of primary amides is 1. The van der Waals surface area contributed by atoms with Crippen LogP contribution >= 0.6 is 11.8 Å². The normalized spacial score (nSPS) is 13.2. The van der Waals surface area contributed by atoms with Gasteiger partial charge in [0.05, 0.1) is 10.1 Å². The summed E-state index contributed by atoms with van der Waals surface area (Å²) < 4.78 is 29.1. The summed E-state index contributed by atoms with van der Waals surface area (Å²) in [6, 6.07) is 6.73. The summed E-state index contributed by atoms with van der Waals surface area (Å²) in [5, 5.41) is 8.66. The fraction of sp³-hybridized carbons (Fsp3) is 0.526. The van der Waals surface area contributed by atoms with Crippen LogP contribution in [0.15, 0.2) is 34.3 Å². The van der Waals surface area contributed by atoms with Crippen molar-refractivity contribution >= 4 is 27.7 Å². The van der Waals surface area contributed by atoms with Gasteiger partial charge in [0.2, 0.25) is 15.9 Å². The Morgan fingerprint density at radius 3 is 2.41 bits per heavy atom. The monoisotopic (exact) mass is 439 g/mol. The second-order valence-corrected chi connectivity index (χ2v) is 10.3. The van der Waals surface area contributed by atoms with Gasteiger partial charge in [-0.05, 0) is 25.0 Å². The molecule has 1 atom stereocenters. The Bertz CT molecular complexity index is 953. The molecule has 1 aromatic carbocycles. The number of hydrogen-bond donors (Lipinski definition) is 1. The van der Waals surface area contributed by atoms with Crippen molar-refractivity contribution in [2.45, 2.75) is 56.5 Å². The molecule has 0 aliphatic heterocycles. The van der Waals surface area contributed by atoms with Gasteiger partial charge in [-0.3, -0.25) is 4.79 Å². The van der Waals surface area contributed by atoms with Gasteiger partial charge in [-0.2, -0.15) is 4.31 Å². The highest BCUT2D eigenvalue weighted by molar-refractivity contribution is 8.00. The van der Waals surface area contributed by atoms with Gasteiger partial charge >= 0.3 is 0 Å². The fourth-order valence-corrected chi connectivity index (χ4v) is 5.16. The Labute approximate surface area is 176 Å². The van der Waals surface area contributed by atoms with Gasteiger partial charge in [-0.15, -0.1) is 10.2 Å². The molecule has 0 spiro atoms. The molecular weight excluding hydrogens is 410 g/mol. The summed E-state index contributed by atoms with van der Waals surface area (Å²) in [4.78, 5) is 11.7. The lowest BCUT2D eigenvalue weighted by molar-refractivity contribution is -0.117. The third kappa shape index (κ3) is 5.37. The van der Waals surface area contributed by atoms with Crippen LogP contribution in [-0.4, -0.2) is 51.7 Å². The predicted molar refractivity (Wildman–Crippen MR) is 115 cm³/mol. The number of nitrogens with zero attached hydrogens (tertiary/aromatic N) is 4. The van der Waals surface area contributed by atoms with E-state index in [0.29, 0.717) is 42.1 Å². The summed E-state index contributed by atoms with van der Waals surface area (Å²) in [5.41, 5.74) is 6.04. The molecule has 0 bridgehead atoms. The molecule has 1 aromatic heterocycles. The fourth-order valence-electron chi connectivity index (χ4n) is 2.84. The number of aromatic nitrogens is 3. The Balaban J connectivity index is 2.52. The average Bonchev–Trinajstić information content (AvgIpc) is 3.04. The maximum atomic E-state index is 12.9. The topological polar surface area (TPSA) is 111 Å². The number of carbonyl (C=O) groups excluding carboxylic acids is 1. The minimum absolute atomic E-state index is 0.220. The quantitative estimate of drug-likeness (QED) is 0.570. The molecule has 0 aliphatic carbocycles. The van der Waals surface area contributed by atoms with E-state index >= 15 is 0 Å². The van der Waals surface area contributed by atoms with Gasteiger partial charge in [-0.25, -0.2) is 8.42 Å². The zero-order valence-electron chi connectivity index (χ0n) is 17.5. The Kier molecular flexibility index (Phi) is 7.84. The molecule has 2 aromatic rings. The smallest absolute Gasteiger partial charge is 0.243 e. The molecule has 10 heteroatoms. The number of carbonyl (C=O) groups is 1. The Morgan fingerprint density at radius 1 is 1.21 bits per heavy atom. The maximum Gasteiger partial charge on any atom is 0.243 e. The first-order chi connectivity index (χ1) is 13.6. The predicted octanol–water partition coefficient (Wildman–Crippen LogP) is 2.60. The first kappa shape index (κ1) is 23.4. The lowest BCUT2D eigenvalue weighted by atomic mass is 10.2. The van der Waals surface area contributed by atoms with Gasteiger partial charge < -0.3 is 10.3 Å². The van der Waals surface area contributed by atoms with Crippen molar-refractivity contribution in [3.63, 3.8) is 0 Å². The molecule has 2 rings (SSSR count). The lowest BCUT2D eigenvalue weighted by Crippen LogP contribution is -2.30. The van der Waals surface area contributed by atoms with E-state index in [0.717, 1.165) is 0 Å². The van der Waals surface area contributed by atoms with E-state index in [4.69, 9.17) is 5.73 Å². The minimum atomic E-state index is -3.58. The van der Waals surface area contributed by atoms with E-state index in [1.807, 2.05) is 24.5 Å². The van der Waals surface area contributed by atoms with Crippen LogP contribution in [0.5, 0.6) is 0 Å². The van der Waals surface area contributed by atoms with Crippen molar-refractivity contribution in [3.05, 3.63) is 24.3 Å². The van der Waals surface area contributed by atoms with Crippen LogP contribution in [0.2, 0.25) is 0 Å². The van der Waals surface area contributed by atoms with Crippen molar-refractivity contribution in [3.8, 4) is 11.4 Å². The van der Waals surface area contributed by atoms with Crippen molar-refractivity contribution in [1.29, 1.82) is 0 Å². The molecule has 0 aliphatic rings. The van der Waals surface area contributed by atoms with E-state index in [9.17, 15) is 13.2 Å². The van der Waals surface area contributed by atoms with E-state index in [-0.39, 0.29) is 4.90 Å². The Hall–Kier alpha value is -1.91. The molecule has 0 radical (unpaired) electrons. The van der Waals surface area contributed by atoms with Gasteiger partial charge in [-0.1, -0.05) is 51.6 Å². The highest BCUT2D eigenvalue weighted by Gasteiger charge is 2.24. The maximum absolute atomic E-state index is 12.9. The number of nitrogens with two attached hydrogens (primary N) is 1. The van der Waals surface area contributed by atoms with Crippen LogP contribution in [0.1, 0.15) is 34.6 Å². The summed E-state index contributed by atoms with van der Waals surface area (Å²) in [5.74, 6) is 0.438. The van der Waals surface area contributed by atoms with Gasteiger partial charge in [0.1, 0.15) is 0 Å². The van der Waals surface area contributed by atoms with Crippen molar-refractivity contribution in [2.75, 3.05) is 13.1 Å². The molecule has 0 saturated heterocycles. The van der Waals surface area contributed by atoms with Crippen LogP contribution < -0.4 is 5.73 Å². The molecule has 0 fully saturated rings. The highest BCUT2D eigenvalue weighted by Crippen LogP contribution is 2.29. The molecule has 2 N–H and O–H groups in total. The van der Waals surface area contributed by atoms with Crippen molar-refractivity contribution in [1.82, 2.24) is 19.1 Å². The molecule has 160 valence electrons. The van der Waals surface area contributed by atoms with E-state index in [1.165, 1.54) is 16.1 Å². The average molecular weight is 440 g/mol. The standard InChI is InChI=1S/C19H29N5O3S2/c1-6-23(7-2)29(26,27)16-10-8-9-15(11-16)18-21-22-19(24(18)12-13(3)4)28-14(5)17(20)25/h8-11,13-14H,6-7,12H2,1-5H3,(H2,20,25). The van der Waals surface area contributed by atoms with Gasteiger partial charge in [0, 0.05) is 25.2 Å². The van der Waals surface area contributed by atoms with Gasteiger partial charge in [0.25, 0.3) is 0 Å². The summed E-state index contributed by atoms with van der Waals surface area (Å²) in [6.45, 7) is 10.9. The van der Waals surface area contributed by atoms with Crippen molar-refractivity contribution < 1.29 is 13.2 Å².